The molecule has 0 spiro atoms. The van der Waals surface area contributed by atoms with Crippen LogP contribution in [0.25, 0.3) is 0 Å². The van der Waals surface area contributed by atoms with Gasteiger partial charge in [0.1, 0.15) is 0 Å². The lowest BCUT2D eigenvalue weighted by Crippen LogP contribution is -1.72. The molecule has 0 amide bonds. The van der Waals surface area contributed by atoms with Crippen LogP contribution in [0.5, 0.6) is 0 Å². The van der Waals surface area contributed by atoms with Gasteiger partial charge in [-0.1, -0.05) is 12.8 Å². The molecule has 0 unspecified atom stereocenters. The Balaban J connectivity index is 2.78. The zero-order chi connectivity index (χ0) is 4.83. The Morgan fingerprint density at radius 2 is 1.33 bits per heavy atom. The molecule has 0 aromatic rings. The monoisotopic (exact) mass is 82.0 g/mol. The summed E-state index contributed by atoms with van der Waals surface area (Å²) in [5.41, 5.74) is 0. The molecule has 0 aliphatic rings. The maximum atomic E-state index is 4.52. The molecule has 0 saturated heterocycles. The standard InChI is InChI=1S/C4H2O2/c1-3-5-6-4-2/h1-2H. The number of rotatable bonds is 1. The van der Waals surface area contributed by atoms with Crippen molar-refractivity contribution >= 4 is 0 Å². The maximum Gasteiger partial charge on any atom is 0.168 e. The van der Waals surface area contributed by atoms with Gasteiger partial charge in [-0.05, 0) is 0 Å². The first kappa shape index (κ1) is 4.72. The highest BCUT2D eigenvalue weighted by molar-refractivity contribution is 4.69. The van der Waals surface area contributed by atoms with Crippen LogP contribution in [-0.2, 0) is 9.78 Å². The van der Waals surface area contributed by atoms with Crippen LogP contribution >= 0.6 is 0 Å². The number of hydrogen-bond donors (Lipinski definition) is 0. The third-order valence-corrected chi connectivity index (χ3v) is 0.138. The zero-order valence-electron chi connectivity index (χ0n) is 2.97. The van der Waals surface area contributed by atoms with E-state index in [1.807, 2.05) is 0 Å². The van der Waals surface area contributed by atoms with Crippen LogP contribution in [0.3, 0.4) is 0 Å². The molecule has 0 N–H and O–H groups in total. The van der Waals surface area contributed by atoms with E-state index >= 15 is 0 Å². The van der Waals surface area contributed by atoms with E-state index in [1.165, 1.54) is 0 Å². The fourth-order valence-corrected chi connectivity index (χ4v) is 0.0481. The van der Waals surface area contributed by atoms with Crippen molar-refractivity contribution < 1.29 is 9.78 Å². The lowest BCUT2D eigenvalue weighted by molar-refractivity contribution is -0.166. The molecule has 0 aromatic heterocycles. The average molecular weight is 82.1 g/mol. The molecule has 0 aromatic carbocycles. The number of hydrogen-bond acceptors (Lipinski definition) is 2. The van der Waals surface area contributed by atoms with Gasteiger partial charge in [-0.15, -0.1) is 0 Å². The van der Waals surface area contributed by atoms with Gasteiger partial charge in [0.2, 0.25) is 0 Å². The normalized spacial score (nSPS) is 4.33. The summed E-state index contributed by atoms with van der Waals surface area (Å²) < 4.78 is 0. The van der Waals surface area contributed by atoms with E-state index < -0.39 is 0 Å². The molecule has 0 heterocycles. The second-order valence-corrected chi connectivity index (χ2v) is 0.402. The molecule has 0 aliphatic carbocycles. The van der Waals surface area contributed by atoms with Crippen molar-refractivity contribution in [3.8, 4) is 25.1 Å². The quantitative estimate of drug-likeness (QED) is 0.193. The Morgan fingerprint density at radius 1 is 1.00 bits per heavy atom. The van der Waals surface area contributed by atoms with Crippen LogP contribution in [0.4, 0.5) is 0 Å². The van der Waals surface area contributed by atoms with Crippen LogP contribution in [0, 0.1) is 25.1 Å². The van der Waals surface area contributed by atoms with E-state index in [0.717, 1.165) is 0 Å². The third-order valence-electron chi connectivity index (χ3n) is 0.138. The fraction of sp³-hybridized carbons (Fsp3) is 0. The fourth-order valence-electron chi connectivity index (χ4n) is 0.0481. The van der Waals surface area contributed by atoms with Gasteiger partial charge in [0.05, 0.1) is 0 Å². The first-order chi connectivity index (χ1) is 2.91. The van der Waals surface area contributed by atoms with E-state index in [1.54, 1.807) is 12.2 Å². The molecule has 0 saturated carbocycles. The van der Waals surface area contributed by atoms with Crippen molar-refractivity contribution in [2.45, 2.75) is 0 Å². The SMILES string of the molecule is C#COOC#C. The smallest absolute Gasteiger partial charge is 0.168 e. The molecule has 0 fully saturated rings. The van der Waals surface area contributed by atoms with E-state index in [2.05, 4.69) is 22.6 Å². The van der Waals surface area contributed by atoms with Crippen molar-refractivity contribution in [1.29, 1.82) is 0 Å². The van der Waals surface area contributed by atoms with E-state index in [0.29, 0.717) is 0 Å². The molecule has 0 aliphatic heterocycles. The molecule has 30 valence electrons. The van der Waals surface area contributed by atoms with E-state index in [9.17, 15) is 0 Å². The molecule has 0 rings (SSSR count). The Morgan fingerprint density at radius 3 is 1.50 bits per heavy atom. The van der Waals surface area contributed by atoms with Crippen molar-refractivity contribution in [2.75, 3.05) is 0 Å². The van der Waals surface area contributed by atoms with Crippen LogP contribution in [0.15, 0.2) is 0 Å². The van der Waals surface area contributed by atoms with E-state index in [4.69, 9.17) is 0 Å². The van der Waals surface area contributed by atoms with Gasteiger partial charge in [-0.2, -0.15) is 0 Å². The Labute approximate surface area is 36.0 Å². The van der Waals surface area contributed by atoms with Crippen molar-refractivity contribution in [2.24, 2.45) is 0 Å². The Kier molecular flexibility index (Phi) is 2.93. The molecular formula is C4H2O2. The van der Waals surface area contributed by atoms with Crippen molar-refractivity contribution in [3.05, 3.63) is 0 Å². The van der Waals surface area contributed by atoms with Crippen molar-refractivity contribution in [3.63, 3.8) is 0 Å². The summed E-state index contributed by atoms with van der Waals surface area (Å²) in [4.78, 5) is 7.55. The first-order valence-electron chi connectivity index (χ1n) is 1.15. The predicted molar refractivity (Wildman–Crippen MR) is 19.8 cm³/mol. The highest BCUT2D eigenvalue weighted by Crippen LogP contribution is 1.63. The lowest BCUT2D eigenvalue weighted by atomic mass is 11.3. The third kappa shape index (κ3) is 2.72. The van der Waals surface area contributed by atoms with Crippen LogP contribution in [-0.4, -0.2) is 0 Å². The van der Waals surface area contributed by atoms with Gasteiger partial charge in [-0.3, -0.25) is 0 Å². The highest BCUT2D eigenvalue weighted by atomic mass is 17.2. The molecule has 0 radical (unpaired) electrons. The largest absolute Gasteiger partial charge is 0.225 e. The van der Waals surface area contributed by atoms with Gasteiger partial charge >= 0.3 is 0 Å². The highest BCUT2D eigenvalue weighted by Gasteiger charge is 1.59. The molecule has 2 heteroatoms. The maximum absolute atomic E-state index is 4.52. The van der Waals surface area contributed by atoms with Crippen LogP contribution < -0.4 is 0 Å². The summed E-state index contributed by atoms with van der Waals surface area (Å²) in [5.74, 6) is 0. The average Bonchev–Trinajstić information content (AvgIpc) is 1.61. The second kappa shape index (κ2) is 3.72. The first-order valence-corrected chi connectivity index (χ1v) is 1.15. The van der Waals surface area contributed by atoms with Gasteiger partial charge < -0.3 is 0 Å². The Hall–Kier alpha value is -1.28. The minimum atomic E-state index is 1.70. The predicted octanol–water partition coefficient (Wildman–Crippen LogP) is 0.116. The lowest BCUT2D eigenvalue weighted by Gasteiger charge is -1.79. The summed E-state index contributed by atoms with van der Waals surface area (Å²) in [6, 6.07) is 0. The topological polar surface area (TPSA) is 18.5 Å². The van der Waals surface area contributed by atoms with Crippen LogP contribution in [0.2, 0.25) is 0 Å². The summed E-state index contributed by atoms with van der Waals surface area (Å²) in [5, 5.41) is 0. The summed E-state index contributed by atoms with van der Waals surface area (Å²) >= 11 is 0. The minimum absolute atomic E-state index is 1.70. The van der Waals surface area contributed by atoms with E-state index in [-0.39, 0.29) is 0 Å². The van der Waals surface area contributed by atoms with Gasteiger partial charge in [0.25, 0.3) is 0 Å². The minimum Gasteiger partial charge on any atom is -0.225 e. The summed E-state index contributed by atoms with van der Waals surface area (Å²) in [6.45, 7) is 0. The summed E-state index contributed by atoms with van der Waals surface area (Å²) in [7, 11) is 0. The Bertz CT molecular complexity index is 79.1. The van der Waals surface area contributed by atoms with Gasteiger partial charge in [-0.25, -0.2) is 9.78 Å². The van der Waals surface area contributed by atoms with Crippen LogP contribution in [0.1, 0.15) is 0 Å². The molecule has 2 nitrogen and oxygen atoms in total. The molecule has 6 heavy (non-hydrogen) atoms. The zero-order valence-corrected chi connectivity index (χ0v) is 2.97. The van der Waals surface area contributed by atoms with Crippen molar-refractivity contribution in [1.82, 2.24) is 0 Å². The summed E-state index contributed by atoms with van der Waals surface area (Å²) in [6.07, 6.45) is 12.5. The second-order valence-electron chi connectivity index (χ2n) is 0.402. The van der Waals surface area contributed by atoms with Gasteiger partial charge in [0.15, 0.2) is 12.2 Å². The molecular weight excluding hydrogens is 80.0 g/mol. The molecule has 0 bridgehead atoms. The van der Waals surface area contributed by atoms with Gasteiger partial charge in [0, 0.05) is 0 Å². The number of terminal acetylenes is 2. The molecule has 0 atom stereocenters.